The van der Waals surface area contributed by atoms with E-state index in [1.165, 1.54) is 7.11 Å². The molecule has 25 heavy (non-hydrogen) atoms. The van der Waals surface area contributed by atoms with Crippen molar-refractivity contribution in [2.45, 2.75) is 13.5 Å². The Morgan fingerprint density at radius 1 is 1.36 bits per heavy atom. The quantitative estimate of drug-likeness (QED) is 0.687. The highest BCUT2D eigenvalue weighted by Gasteiger charge is 2.14. The summed E-state index contributed by atoms with van der Waals surface area (Å²) in [4.78, 5) is 16.6. The molecule has 0 saturated heterocycles. The van der Waals surface area contributed by atoms with Crippen LogP contribution >= 0.6 is 12.2 Å². The number of rotatable bonds is 5. The smallest absolute Gasteiger partial charge is 0.245 e. The van der Waals surface area contributed by atoms with E-state index in [1.54, 1.807) is 22.9 Å². The number of hydrogen-bond donors (Lipinski definition) is 2. The molecular formula is C17H17N5O2S. The van der Waals surface area contributed by atoms with E-state index in [1.807, 2.05) is 31.2 Å². The average Bonchev–Trinajstić information content (AvgIpc) is 2.96. The number of carbonyl (C=O) groups is 1. The maximum Gasteiger partial charge on any atom is 0.245 e. The molecule has 3 aromatic rings. The van der Waals surface area contributed by atoms with Gasteiger partial charge in [0.2, 0.25) is 5.91 Å². The van der Waals surface area contributed by atoms with Crippen LogP contribution in [-0.4, -0.2) is 32.8 Å². The van der Waals surface area contributed by atoms with E-state index in [2.05, 4.69) is 20.5 Å². The number of pyridine rings is 1. The molecular weight excluding hydrogens is 338 g/mol. The SMILES string of the molecule is COc1cccnc1NC(=O)Cn1c(-c2cccc(C)c2)n[nH]c1=S. The third kappa shape index (κ3) is 3.74. The summed E-state index contributed by atoms with van der Waals surface area (Å²) in [6.45, 7) is 2.01. The fourth-order valence-corrected chi connectivity index (χ4v) is 2.63. The number of aromatic nitrogens is 4. The van der Waals surface area contributed by atoms with Gasteiger partial charge < -0.3 is 10.1 Å². The van der Waals surface area contributed by atoms with Crippen molar-refractivity contribution in [3.05, 3.63) is 52.9 Å². The lowest BCUT2D eigenvalue weighted by molar-refractivity contribution is -0.116. The highest BCUT2D eigenvalue weighted by Crippen LogP contribution is 2.21. The van der Waals surface area contributed by atoms with Crippen molar-refractivity contribution in [1.82, 2.24) is 19.7 Å². The Morgan fingerprint density at radius 3 is 2.96 bits per heavy atom. The van der Waals surface area contributed by atoms with Crippen LogP contribution in [0.3, 0.4) is 0 Å². The zero-order chi connectivity index (χ0) is 17.8. The molecule has 0 spiro atoms. The standard InChI is InChI=1S/C17H17N5O2S/c1-11-5-3-6-12(9-11)16-20-21-17(25)22(16)10-14(23)19-15-13(24-2)7-4-8-18-15/h3-9H,10H2,1-2H3,(H,21,25)(H,18,19,23). The Labute approximate surface area is 149 Å². The summed E-state index contributed by atoms with van der Waals surface area (Å²) in [7, 11) is 1.52. The lowest BCUT2D eigenvalue weighted by Gasteiger charge is -2.10. The predicted molar refractivity (Wildman–Crippen MR) is 97.0 cm³/mol. The van der Waals surface area contributed by atoms with E-state index in [4.69, 9.17) is 17.0 Å². The van der Waals surface area contributed by atoms with Gasteiger partial charge in [0.1, 0.15) is 6.54 Å². The molecule has 0 aliphatic heterocycles. The third-order valence-corrected chi connectivity index (χ3v) is 3.90. The molecule has 0 atom stereocenters. The van der Waals surface area contributed by atoms with Crippen molar-refractivity contribution in [1.29, 1.82) is 0 Å². The second kappa shape index (κ2) is 7.27. The zero-order valence-electron chi connectivity index (χ0n) is 13.8. The van der Waals surface area contributed by atoms with Gasteiger partial charge >= 0.3 is 0 Å². The highest BCUT2D eigenvalue weighted by atomic mass is 32.1. The van der Waals surface area contributed by atoms with Gasteiger partial charge in [-0.1, -0.05) is 23.8 Å². The first-order valence-corrected chi connectivity index (χ1v) is 8.00. The minimum Gasteiger partial charge on any atom is -0.493 e. The van der Waals surface area contributed by atoms with Crippen LogP contribution in [0.25, 0.3) is 11.4 Å². The zero-order valence-corrected chi connectivity index (χ0v) is 14.6. The molecule has 0 fully saturated rings. The number of anilines is 1. The van der Waals surface area contributed by atoms with E-state index in [0.717, 1.165) is 11.1 Å². The van der Waals surface area contributed by atoms with Gasteiger partial charge in [-0.3, -0.25) is 14.5 Å². The van der Waals surface area contributed by atoms with Crippen molar-refractivity contribution in [2.75, 3.05) is 12.4 Å². The molecule has 2 N–H and O–H groups in total. The molecule has 1 aromatic carbocycles. The van der Waals surface area contributed by atoms with Gasteiger partial charge in [-0.25, -0.2) is 4.98 Å². The molecule has 0 bridgehead atoms. The van der Waals surface area contributed by atoms with E-state index in [9.17, 15) is 4.79 Å². The van der Waals surface area contributed by atoms with Gasteiger partial charge in [0.05, 0.1) is 7.11 Å². The number of methoxy groups -OCH3 is 1. The van der Waals surface area contributed by atoms with Crippen molar-refractivity contribution < 1.29 is 9.53 Å². The van der Waals surface area contributed by atoms with Crippen molar-refractivity contribution in [3.63, 3.8) is 0 Å². The Bertz CT molecular complexity index is 963. The summed E-state index contributed by atoms with van der Waals surface area (Å²) in [6, 6.07) is 11.3. The molecule has 128 valence electrons. The van der Waals surface area contributed by atoms with Crippen LogP contribution in [0.1, 0.15) is 5.56 Å². The number of hydrogen-bond acceptors (Lipinski definition) is 5. The second-order valence-electron chi connectivity index (χ2n) is 5.41. The van der Waals surface area contributed by atoms with Crippen LogP contribution in [0.15, 0.2) is 42.6 Å². The third-order valence-electron chi connectivity index (χ3n) is 3.58. The van der Waals surface area contributed by atoms with E-state index in [-0.39, 0.29) is 12.5 Å². The van der Waals surface area contributed by atoms with Crippen molar-refractivity contribution in [3.8, 4) is 17.1 Å². The van der Waals surface area contributed by atoms with Gasteiger partial charge in [-0.2, -0.15) is 5.10 Å². The number of nitrogens with one attached hydrogen (secondary N) is 2. The summed E-state index contributed by atoms with van der Waals surface area (Å²) < 4.78 is 7.21. The minimum atomic E-state index is -0.275. The molecule has 2 heterocycles. The maximum absolute atomic E-state index is 12.4. The summed E-state index contributed by atoms with van der Waals surface area (Å²) in [5.41, 5.74) is 1.98. The molecule has 0 saturated carbocycles. The monoisotopic (exact) mass is 355 g/mol. The maximum atomic E-state index is 12.4. The topological polar surface area (TPSA) is 84.8 Å². The van der Waals surface area contributed by atoms with E-state index < -0.39 is 0 Å². The molecule has 0 unspecified atom stereocenters. The van der Waals surface area contributed by atoms with Crippen LogP contribution in [-0.2, 0) is 11.3 Å². The Balaban J connectivity index is 1.85. The first kappa shape index (κ1) is 16.8. The average molecular weight is 355 g/mol. The van der Waals surface area contributed by atoms with Crippen molar-refractivity contribution in [2.24, 2.45) is 0 Å². The molecule has 0 aliphatic rings. The minimum absolute atomic E-state index is 0.0122. The summed E-state index contributed by atoms with van der Waals surface area (Å²) in [5.74, 6) is 1.19. The molecule has 7 nitrogen and oxygen atoms in total. The van der Waals surface area contributed by atoms with Gasteiger partial charge in [-0.05, 0) is 37.3 Å². The largest absolute Gasteiger partial charge is 0.493 e. The van der Waals surface area contributed by atoms with E-state index >= 15 is 0 Å². The number of ether oxygens (including phenoxy) is 1. The highest BCUT2D eigenvalue weighted by molar-refractivity contribution is 7.71. The fraction of sp³-hybridized carbons (Fsp3) is 0.176. The second-order valence-corrected chi connectivity index (χ2v) is 5.80. The van der Waals surface area contributed by atoms with Crippen molar-refractivity contribution >= 4 is 23.9 Å². The molecule has 1 amide bonds. The van der Waals surface area contributed by atoms with Gasteiger partial charge in [0.25, 0.3) is 0 Å². The molecule has 0 radical (unpaired) electrons. The summed E-state index contributed by atoms with van der Waals surface area (Å²) >= 11 is 5.26. The first-order valence-electron chi connectivity index (χ1n) is 7.59. The molecule has 8 heteroatoms. The molecule has 2 aromatic heterocycles. The molecule has 3 rings (SSSR count). The molecule has 0 aliphatic carbocycles. The van der Waals surface area contributed by atoms with Crippen LogP contribution in [0.5, 0.6) is 5.75 Å². The normalized spacial score (nSPS) is 10.5. The van der Waals surface area contributed by atoms with Crippen LogP contribution < -0.4 is 10.1 Å². The van der Waals surface area contributed by atoms with Gasteiger partial charge in [0.15, 0.2) is 22.2 Å². The lowest BCUT2D eigenvalue weighted by Crippen LogP contribution is -2.20. The number of aryl methyl sites for hydroxylation is 1. The van der Waals surface area contributed by atoms with Gasteiger partial charge in [0, 0.05) is 11.8 Å². The number of amides is 1. The number of H-pyrrole nitrogens is 1. The fourth-order valence-electron chi connectivity index (χ4n) is 2.43. The van der Waals surface area contributed by atoms with Crippen LogP contribution in [0, 0.1) is 11.7 Å². The van der Waals surface area contributed by atoms with Crippen LogP contribution in [0.2, 0.25) is 0 Å². The predicted octanol–water partition coefficient (Wildman–Crippen LogP) is 2.96. The lowest BCUT2D eigenvalue weighted by atomic mass is 10.1. The number of nitrogens with zero attached hydrogens (tertiary/aromatic N) is 3. The number of aromatic amines is 1. The Morgan fingerprint density at radius 2 is 2.20 bits per heavy atom. The first-order chi connectivity index (χ1) is 12.1. The number of carbonyl (C=O) groups excluding carboxylic acids is 1. The Kier molecular flexibility index (Phi) is 4.90. The van der Waals surface area contributed by atoms with Crippen LogP contribution in [0.4, 0.5) is 5.82 Å². The summed E-state index contributed by atoms with van der Waals surface area (Å²) in [5, 5.41) is 9.72. The Hall–Kier alpha value is -3.00. The van der Waals surface area contributed by atoms with E-state index in [0.29, 0.717) is 22.2 Å². The van der Waals surface area contributed by atoms with Gasteiger partial charge in [-0.15, -0.1) is 0 Å². The number of benzene rings is 1. The summed E-state index contributed by atoms with van der Waals surface area (Å²) in [6.07, 6.45) is 1.58.